The molecule has 0 unspecified atom stereocenters. The van der Waals surface area contributed by atoms with Gasteiger partial charge < -0.3 is 9.72 Å². The van der Waals surface area contributed by atoms with Crippen LogP contribution < -0.4 is 10.3 Å². The van der Waals surface area contributed by atoms with E-state index in [-0.39, 0.29) is 5.56 Å². The molecule has 2 aromatic rings. The third-order valence-corrected chi connectivity index (χ3v) is 2.42. The maximum atomic E-state index is 11.8. The van der Waals surface area contributed by atoms with E-state index in [1.165, 1.54) is 7.11 Å². The number of H-pyrrole nitrogens is 1. The highest BCUT2D eigenvalue weighted by atomic mass is 16.5. The number of carbonyl (C=O) groups excluding carboxylic acids is 1. The van der Waals surface area contributed by atoms with E-state index in [2.05, 4.69) is 4.98 Å². The van der Waals surface area contributed by atoms with Crippen molar-refractivity contribution >= 4 is 17.1 Å². The molecule has 1 heterocycles. The van der Waals surface area contributed by atoms with E-state index in [4.69, 9.17) is 4.74 Å². The number of aldehydes is 1. The molecule has 4 nitrogen and oxygen atoms in total. The van der Waals surface area contributed by atoms with E-state index >= 15 is 0 Å². The van der Waals surface area contributed by atoms with Crippen molar-refractivity contribution in [1.29, 1.82) is 0 Å². The molecule has 4 heteroatoms. The summed E-state index contributed by atoms with van der Waals surface area (Å²) < 4.78 is 5.11. The molecule has 1 aromatic carbocycles. The van der Waals surface area contributed by atoms with E-state index in [1.54, 1.807) is 19.1 Å². The van der Waals surface area contributed by atoms with Crippen LogP contribution in [0.1, 0.15) is 16.1 Å². The highest BCUT2D eigenvalue weighted by molar-refractivity contribution is 5.93. The summed E-state index contributed by atoms with van der Waals surface area (Å²) in [6.45, 7) is 1.79. The van der Waals surface area contributed by atoms with Gasteiger partial charge in [-0.25, -0.2) is 0 Å². The van der Waals surface area contributed by atoms with Crippen LogP contribution in [0.3, 0.4) is 0 Å². The molecule has 0 bridgehead atoms. The fraction of sp³-hybridized carbons (Fsp3) is 0.167. The van der Waals surface area contributed by atoms with Crippen molar-refractivity contribution in [3.05, 3.63) is 39.8 Å². The lowest BCUT2D eigenvalue weighted by Gasteiger charge is -2.06. The van der Waals surface area contributed by atoms with Crippen LogP contribution in [0, 0.1) is 6.92 Å². The van der Waals surface area contributed by atoms with Crippen LogP contribution >= 0.6 is 0 Å². The smallest absolute Gasteiger partial charge is 0.259 e. The van der Waals surface area contributed by atoms with E-state index in [1.807, 2.05) is 6.07 Å². The van der Waals surface area contributed by atoms with Crippen molar-refractivity contribution in [2.24, 2.45) is 0 Å². The summed E-state index contributed by atoms with van der Waals surface area (Å²) in [5, 5.41) is 1.18. The molecule has 0 saturated carbocycles. The standard InChI is InChI=1S/C12H11NO3/c1-7-3-9-4-8(6-14)5-10(16-2)11(9)12(15)13-7/h3-6H,1-2H3,(H,13,15). The second-order valence-electron chi connectivity index (χ2n) is 3.59. The van der Waals surface area contributed by atoms with Gasteiger partial charge in [0.2, 0.25) is 0 Å². The maximum absolute atomic E-state index is 11.8. The molecule has 16 heavy (non-hydrogen) atoms. The van der Waals surface area contributed by atoms with Gasteiger partial charge in [0.25, 0.3) is 5.56 Å². The number of nitrogens with one attached hydrogen (secondary N) is 1. The second-order valence-corrected chi connectivity index (χ2v) is 3.59. The summed E-state index contributed by atoms with van der Waals surface area (Å²) in [6, 6.07) is 5.04. The molecule has 1 aromatic heterocycles. The van der Waals surface area contributed by atoms with Crippen LogP contribution in [-0.2, 0) is 0 Å². The Balaban J connectivity index is 2.95. The van der Waals surface area contributed by atoms with Gasteiger partial charge in [-0.15, -0.1) is 0 Å². The molecule has 2 rings (SSSR count). The third kappa shape index (κ3) is 1.58. The summed E-state index contributed by atoms with van der Waals surface area (Å²) in [6.07, 6.45) is 0.735. The van der Waals surface area contributed by atoms with Crippen LogP contribution in [0.5, 0.6) is 5.75 Å². The van der Waals surface area contributed by atoms with Gasteiger partial charge in [-0.05, 0) is 30.5 Å². The van der Waals surface area contributed by atoms with Gasteiger partial charge in [-0.1, -0.05) is 0 Å². The Kier molecular flexibility index (Phi) is 2.48. The van der Waals surface area contributed by atoms with Crippen LogP contribution in [-0.4, -0.2) is 18.4 Å². The first-order valence-electron chi connectivity index (χ1n) is 4.82. The molecular formula is C12H11NO3. The van der Waals surface area contributed by atoms with Gasteiger partial charge in [-0.3, -0.25) is 9.59 Å². The number of hydrogen-bond acceptors (Lipinski definition) is 3. The Morgan fingerprint density at radius 3 is 2.69 bits per heavy atom. The number of ether oxygens (including phenoxy) is 1. The third-order valence-electron chi connectivity index (χ3n) is 2.42. The Hall–Kier alpha value is -2.10. The van der Waals surface area contributed by atoms with Gasteiger partial charge in [0.15, 0.2) is 0 Å². The number of aryl methyl sites for hydroxylation is 1. The number of rotatable bonds is 2. The lowest BCUT2D eigenvalue weighted by atomic mass is 10.1. The summed E-state index contributed by atoms with van der Waals surface area (Å²) in [7, 11) is 1.47. The van der Waals surface area contributed by atoms with E-state index in [9.17, 15) is 9.59 Å². The lowest BCUT2D eigenvalue weighted by molar-refractivity contribution is 0.112. The minimum absolute atomic E-state index is 0.204. The first-order chi connectivity index (χ1) is 7.65. The lowest BCUT2D eigenvalue weighted by Crippen LogP contribution is -2.09. The van der Waals surface area contributed by atoms with Gasteiger partial charge in [-0.2, -0.15) is 0 Å². The van der Waals surface area contributed by atoms with Gasteiger partial charge >= 0.3 is 0 Å². The maximum Gasteiger partial charge on any atom is 0.259 e. The molecule has 0 aliphatic carbocycles. The zero-order chi connectivity index (χ0) is 11.7. The highest BCUT2D eigenvalue weighted by Gasteiger charge is 2.08. The predicted molar refractivity (Wildman–Crippen MR) is 61.2 cm³/mol. The minimum Gasteiger partial charge on any atom is -0.496 e. The topological polar surface area (TPSA) is 59.2 Å². The molecule has 1 N–H and O–H groups in total. The Morgan fingerprint density at radius 2 is 2.06 bits per heavy atom. The van der Waals surface area contributed by atoms with Crippen molar-refractivity contribution in [1.82, 2.24) is 4.98 Å². The average molecular weight is 217 g/mol. The van der Waals surface area contributed by atoms with Crippen molar-refractivity contribution in [2.45, 2.75) is 6.92 Å². The molecule has 0 radical (unpaired) electrons. The predicted octanol–water partition coefficient (Wildman–Crippen LogP) is 1.66. The van der Waals surface area contributed by atoms with E-state index in [0.29, 0.717) is 22.1 Å². The molecular weight excluding hydrogens is 206 g/mol. The Morgan fingerprint density at radius 1 is 1.31 bits per heavy atom. The van der Waals surface area contributed by atoms with E-state index in [0.717, 1.165) is 12.0 Å². The number of carbonyl (C=O) groups is 1. The first kappa shape index (κ1) is 10.4. The zero-order valence-corrected chi connectivity index (χ0v) is 9.03. The van der Waals surface area contributed by atoms with Crippen LogP contribution in [0.15, 0.2) is 23.0 Å². The number of pyridine rings is 1. The normalized spacial score (nSPS) is 10.4. The van der Waals surface area contributed by atoms with Gasteiger partial charge in [0.05, 0.1) is 12.5 Å². The fourth-order valence-electron chi connectivity index (χ4n) is 1.76. The van der Waals surface area contributed by atoms with Gasteiger partial charge in [0, 0.05) is 11.3 Å². The largest absolute Gasteiger partial charge is 0.496 e. The van der Waals surface area contributed by atoms with Crippen LogP contribution in [0.4, 0.5) is 0 Å². The minimum atomic E-state index is -0.204. The molecule has 0 aliphatic heterocycles. The second kappa shape index (κ2) is 3.81. The number of methoxy groups -OCH3 is 1. The quantitative estimate of drug-likeness (QED) is 0.778. The molecule has 0 spiro atoms. The van der Waals surface area contributed by atoms with Crippen molar-refractivity contribution in [3.63, 3.8) is 0 Å². The SMILES string of the molecule is COc1cc(C=O)cc2cc(C)[nH]c(=O)c12. The molecule has 82 valence electrons. The molecule has 0 saturated heterocycles. The van der Waals surface area contributed by atoms with Crippen molar-refractivity contribution < 1.29 is 9.53 Å². The molecule has 0 amide bonds. The van der Waals surface area contributed by atoms with Crippen LogP contribution in [0.2, 0.25) is 0 Å². The average Bonchev–Trinajstić information content (AvgIpc) is 2.26. The highest BCUT2D eigenvalue weighted by Crippen LogP contribution is 2.24. The number of hydrogen-bond donors (Lipinski definition) is 1. The van der Waals surface area contributed by atoms with Crippen molar-refractivity contribution in [3.8, 4) is 5.75 Å². The number of fused-ring (bicyclic) bond motifs is 1. The first-order valence-corrected chi connectivity index (χ1v) is 4.82. The Labute approximate surface area is 91.9 Å². The van der Waals surface area contributed by atoms with Gasteiger partial charge in [0.1, 0.15) is 12.0 Å². The molecule has 0 aliphatic rings. The number of aromatic nitrogens is 1. The van der Waals surface area contributed by atoms with Crippen molar-refractivity contribution in [2.75, 3.05) is 7.11 Å². The summed E-state index contributed by atoms with van der Waals surface area (Å²) >= 11 is 0. The zero-order valence-electron chi connectivity index (χ0n) is 9.03. The number of benzene rings is 1. The summed E-state index contributed by atoms with van der Waals surface area (Å²) in [5.41, 5.74) is 1.04. The summed E-state index contributed by atoms with van der Waals surface area (Å²) in [4.78, 5) is 25.2. The van der Waals surface area contributed by atoms with E-state index < -0.39 is 0 Å². The molecule has 0 fully saturated rings. The van der Waals surface area contributed by atoms with Crippen LogP contribution in [0.25, 0.3) is 10.8 Å². The fourth-order valence-corrected chi connectivity index (χ4v) is 1.76. The Bertz CT molecular complexity index is 613. The number of aromatic amines is 1. The summed E-state index contributed by atoms with van der Waals surface area (Å²) in [5.74, 6) is 0.417. The monoisotopic (exact) mass is 217 g/mol. The molecule has 0 atom stereocenters.